The number of nitrogens with one attached hydrogen (secondary N) is 1. The molecule has 0 aliphatic heterocycles. The maximum Gasteiger partial charge on any atom is 0.124 e. The first-order valence-electron chi connectivity index (χ1n) is 5.71. The van der Waals surface area contributed by atoms with Gasteiger partial charge in [-0.25, -0.2) is 10.1 Å². The molecule has 0 aromatic heterocycles. The summed E-state index contributed by atoms with van der Waals surface area (Å²) >= 11 is 0. The second kappa shape index (κ2) is 6.38. The zero-order valence-corrected chi connectivity index (χ0v) is 10.2. The number of hydroxylamine groups is 2. The molecule has 0 bridgehead atoms. The Kier molecular flexibility index (Phi) is 6.33. The molecule has 2 atom stereocenters. The van der Waals surface area contributed by atoms with Crippen molar-refractivity contribution < 1.29 is 10.1 Å². The Balaban J connectivity index is 4.10. The fourth-order valence-electron chi connectivity index (χ4n) is 1.33. The molecule has 0 heterocycles. The molecule has 0 radical (unpaired) electrons. The Hall–Kier alpha value is -0.120. The third-order valence-corrected chi connectivity index (χ3v) is 3.06. The molecule has 86 valence electrons. The SMILES string of the molecule is CCCC(C)O[NH+]([O-])C(C)(CC)CC. The molecule has 0 aromatic carbocycles. The molecule has 3 heteroatoms. The molecule has 0 saturated heterocycles. The van der Waals surface area contributed by atoms with Crippen LogP contribution in [0.5, 0.6) is 0 Å². The van der Waals surface area contributed by atoms with Gasteiger partial charge in [0.2, 0.25) is 0 Å². The van der Waals surface area contributed by atoms with Gasteiger partial charge < -0.3 is 5.21 Å². The first-order valence-corrected chi connectivity index (χ1v) is 5.71. The smallest absolute Gasteiger partial charge is 0.124 e. The van der Waals surface area contributed by atoms with Gasteiger partial charge in [-0.2, -0.15) is 0 Å². The monoisotopic (exact) mass is 203 g/mol. The third-order valence-electron chi connectivity index (χ3n) is 3.06. The molecule has 0 aliphatic rings. The Morgan fingerprint density at radius 3 is 2.14 bits per heavy atom. The van der Waals surface area contributed by atoms with Crippen molar-refractivity contribution in [2.24, 2.45) is 0 Å². The average molecular weight is 203 g/mol. The Morgan fingerprint density at radius 2 is 1.79 bits per heavy atom. The summed E-state index contributed by atoms with van der Waals surface area (Å²) in [6.07, 6.45) is 3.77. The standard InChI is InChI=1S/C11H25NO2/c1-6-9-10(4)14-12(13)11(5,7-2)8-3/h10,12H,6-9H2,1-5H3. The lowest BCUT2D eigenvalue weighted by Crippen LogP contribution is -3.15. The van der Waals surface area contributed by atoms with E-state index in [2.05, 4.69) is 6.92 Å². The second-order valence-corrected chi connectivity index (χ2v) is 4.27. The Bertz CT molecular complexity index is 146. The Labute approximate surface area is 88.0 Å². The van der Waals surface area contributed by atoms with E-state index in [0.717, 1.165) is 25.7 Å². The van der Waals surface area contributed by atoms with Crippen LogP contribution in [0, 0.1) is 5.21 Å². The van der Waals surface area contributed by atoms with Crippen molar-refractivity contribution in [2.45, 2.75) is 71.9 Å². The van der Waals surface area contributed by atoms with E-state index in [0.29, 0.717) is 0 Å². The summed E-state index contributed by atoms with van der Waals surface area (Å²) in [6.45, 7) is 10.1. The van der Waals surface area contributed by atoms with Gasteiger partial charge in [0.1, 0.15) is 11.6 Å². The van der Waals surface area contributed by atoms with Gasteiger partial charge in [0.15, 0.2) is 0 Å². The van der Waals surface area contributed by atoms with Crippen LogP contribution in [0.4, 0.5) is 0 Å². The van der Waals surface area contributed by atoms with Crippen molar-refractivity contribution in [1.82, 2.24) is 0 Å². The van der Waals surface area contributed by atoms with Crippen molar-refractivity contribution in [2.75, 3.05) is 0 Å². The van der Waals surface area contributed by atoms with Crippen LogP contribution < -0.4 is 5.23 Å². The van der Waals surface area contributed by atoms with E-state index in [1.54, 1.807) is 0 Å². The predicted molar refractivity (Wildman–Crippen MR) is 58.8 cm³/mol. The van der Waals surface area contributed by atoms with E-state index in [9.17, 15) is 5.21 Å². The van der Waals surface area contributed by atoms with E-state index in [-0.39, 0.29) is 16.9 Å². The molecule has 0 rings (SSSR count). The number of hydrogen-bond donors (Lipinski definition) is 1. The number of quaternary nitrogens is 1. The summed E-state index contributed by atoms with van der Waals surface area (Å²) in [4.78, 5) is 5.40. The summed E-state index contributed by atoms with van der Waals surface area (Å²) in [7, 11) is 0. The van der Waals surface area contributed by atoms with Crippen LogP contribution in [0.1, 0.15) is 60.3 Å². The average Bonchev–Trinajstić information content (AvgIpc) is 2.16. The third kappa shape index (κ3) is 3.95. The van der Waals surface area contributed by atoms with Gasteiger partial charge in [-0.1, -0.05) is 27.2 Å². The molecule has 0 saturated carbocycles. The normalized spacial score (nSPS) is 16.7. The quantitative estimate of drug-likeness (QED) is 0.643. The van der Waals surface area contributed by atoms with Crippen LogP contribution in [0.15, 0.2) is 0 Å². The van der Waals surface area contributed by atoms with Gasteiger partial charge in [0.05, 0.1) is 0 Å². The zero-order valence-electron chi connectivity index (χ0n) is 10.2. The molecule has 0 fully saturated rings. The highest BCUT2D eigenvalue weighted by Gasteiger charge is 2.29. The molecule has 0 amide bonds. The van der Waals surface area contributed by atoms with Crippen LogP contribution in [-0.2, 0) is 4.84 Å². The lowest BCUT2D eigenvalue weighted by molar-refractivity contribution is -1.10. The van der Waals surface area contributed by atoms with Crippen molar-refractivity contribution in [1.29, 1.82) is 0 Å². The zero-order chi connectivity index (χ0) is 11.2. The van der Waals surface area contributed by atoms with Crippen LogP contribution >= 0.6 is 0 Å². The highest BCUT2D eigenvalue weighted by Crippen LogP contribution is 2.09. The molecule has 3 nitrogen and oxygen atoms in total. The summed E-state index contributed by atoms with van der Waals surface area (Å²) < 4.78 is 0. The molecule has 0 aliphatic carbocycles. The number of hydrogen-bond acceptors (Lipinski definition) is 2. The molecule has 0 aromatic rings. The second-order valence-electron chi connectivity index (χ2n) is 4.27. The summed E-state index contributed by atoms with van der Waals surface area (Å²) in [6, 6.07) is 0. The van der Waals surface area contributed by atoms with Gasteiger partial charge in [-0.15, -0.1) is 0 Å². The van der Waals surface area contributed by atoms with Gasteiger partial charge in [0.25, 0.3) is 0 Å². The van der Waals surface area contributed by atoms with Crippen molar-refractivity contribution in [3.05, 3.63) is 5.21 Å². The summed E-state index contributed by atoms with van der Waals surface area (Å²) in [5.74, 6) is 0. The van der Waals surface area contributed by atoms with E-state index < -0.39 is 0 Å². The first kappa shape index (κ1) is 13.9. The molecule has 0 spiro atoms. The minimum absolute atomic E-state index is 0.0385. The topological polar surface area (TPSA) is 36.7 Å². The molecule has 2 unspecified atom stereocenters. The summed E-state index contributed by atoms with van der Waals surface area (Å²) in [5, 5.41) is 11.8. The highest BCUT2D eigenvalue weighted by atomic mass is 16.9. The van der Waals surface area contributed by atoms with E-state index in [4.69, 9.17) is 4.84 Å². The molecular formula is C11H25NO2. The predicted octanol–water partition coefficient (Wildman–Crippen LogP) is 2.07. The lowest BCUT2D eigenvalue weighted by atomic mass is 9.97. The molecular weight excluding hydrogens is 178 g/mol. The van der Waals surface area contributed by atoms with Crippen molar-refractivity contribution in [3.8, 4) is 0 Å². The highest BCUT2D eigenvalue weighted by molar-refractivity contribution is 4.67. The Morgan fingerprint density at radius 1 is 1.29 bits per heavy atom. The summed E-state index contributed by atoms with van der Waals surface area (Å²) in [5.41, 5.74) is -0.290. The van der Waals surface area contributed by atoms with Crippen LogP contribution in [0.3, 0.4) is 0 Å². The number of rotatable bonds is 7. The van der Waals surface area contributed by atoms with E-state index in [1.165, 1.54) is 0 Å². The van der Waals surface area contributed by atoms with Crippen LogP contribution in [-0.4, -0.2) is 11.6 Å². The first-order chi connectivity index (χ1) is 6.50. The van der Waals surface area contributed by atoms with Gasteiger partial charge in [-0.3, -0.25) is 0 Å². The van der Waals surface area contributed by atoms with Crippen molar-refractivity contribution in [3.63, 3.8) is 0 Å². The fourth-order valence-corrected chi connectivity index (χ4v) is 1.33. The minimum atomic E-state index is -0.290. The van der Waals surface area contributed by atoms with E-state index in [1.807, 2.05) is 27.7 Å². The van der Waals surface area contributed by atoms with E-state index >= 15 is 0 Å². The minimum Gasteiger partial charge on any atom is -0.599 e. The van der Waals surface area contributed by atoms with Crippen molar-refractivity contribution >= 4 is 0 Å². The largest absolute Gasteiger partial charge is 0.599 e. The fraction of sp³-hybridized carbons (Fsp3) is 1.00. The maximum atomic E-state index is 11.8. The van der Waals surface area contributed by atoms with Crippen LogP contribution in [0.2, 0.25) is 0 Å². The van der Waals surface area contributed by atoms with Gasteiger partial charge in [0, 0.05) is 12.8 Å². The van der Waals surface area contributed by atoms with Crippen LogP contribution in [0.25, 0.3) is 0 Å². The molecule has 14 heavy (non-hydrogen) atoms. The lowest BCUT2D eigenvalue weighted by Gasteiger charge is -2.38. The van der Waals surface area contributed by atoms with Gasteiger partial charge in [-0.05, 0) is 20.3 Å². The van der Waals surface area contributed by atoms with Gasteiger partial charge >= 0.3 is 0 Å². The molecule has 1 N–H and O–H groups in total. The maximum absolute atomic E-state index is 11.8.